The third-order valence-corrected chi connectivity index (χ3v) is 4.73. The van der Waals surface area contributed by atoms with Gasteiger partial charge in [0.2, 0.25) is 15.9 Å². The predicted octanol–water partition coefficient (Wildman–Crippen LogP) is -0.265. The zero-order chi connectivity index (χ0) is 14.8. The number of hydrogen-bond acceptors (Lipinski definition) is 4. The Hall–Kier alpha value is -1.51. The summed E-state index contributed by atoms with van der Waals surface area (Å²) >= 11 is 4.82. The molecule has 19 heavy (non-hydrogen) atoms. The van der Waals surface area contributed by atoms with Crippen molar-refractivity contribution in [2.75, 3.05) is 13.6 Å². The van der Waals surface area contributed by atoms with Gasteiger partial charge in [-0.1, -0.05) is 18.3 Å². The van der Waals surface area contributed by atoms with Gasteiger partial charge in [0.1, 0.15) is 4.99 Å². The fourth-order valence-corrected chi connectivity index (χ4v) is 3.03. The normalized spacial score (nSPS) is 11.5. The second kappa shape index (κ2) is 5.64. The summed E-state index contributed by atoms with van der Waals surface area (Å²) in [4.78, 5) is 11.1. The van der Waals surface area contributed by atoms with Crippen molar-refractivity contribution >= 4 is 33.1 Å². The number of hydrogen-bond donors (Lipinski definition) is 2. The Labute approximate surface area is 117 Å². The summed E-state index contributed by atoms with van der Waals surface area (Å²) < 4.78 is 25.3. The van der Waals surface area contributed by atoms with Crippen molar-refractivity contribution in [2.24, 2.45) is 11.5 Å². The van der Waals surface area contributed by atoms with Gasteiger partial charge in [-0.05, 0) is 24.6 Å². The molecule has 1 aromatic carbocycles. The molecule has 1 amide bonds. The van der Waals surface area contributed by atoms with E-state index in [0.717, 1.165) is 4.31 Å². The molecule has 1 aromatic rings. The Kier molecular flexibility index (Phi) is 4.61. The first-order valence-electron chi connectivity index (χ1n) is 5.31. The van der Waals surface area contributed by atoms with Gasteiger partial charge < -0.3 is 11.5 Å². The summed E-state index contributed by atoms with van der Waals surface area (Å²) in [6, 6.07) is 4.53. The SMILES string of the molecule is Cc1cc(C(N)=S)ccc1S(=O)(=O)N(C)CC(N)=O. The van der Waals surface area contributed by atoms with E-state index in [4.69, 9.17) is 23.7 Å². The fourth-order valence-electron chi connectivity index (χ4n) is 1.56. The zero-order valence-corrected chi connectivity index (χ0v) is 12.2. The highest BCUT2D eigenvalue weighted by molar-refractivity contribution is 7.89. The summed E-state index contributed by atoms with van der Waals surface area (Å²) in [6.07, 6.45) is 0. The van der Waals surface area contributed by atoms with E-state index in [1.807, 2.05) is 0 Å². The maximum Gasteiger partial charge on any atom is 0.243 e. The molecule has 0 saturated carbocycles. The van der Waals surface area contributed by atoms with E-state index >= 15 is 0 Å². The molecule has 4 N–H and O–H groups in total. The van der Waals surface area contributed by atoms with Crippen LogP contribution in [0.5, 0.6) is 0 Å². The van der Waals surface area contributed by atoms with Gasteiger partial charge in [-0.3, -0.25) is 4.79 Å². The van der Waals surface area contributed by atoms with Gasteiger partial charge in [-0.2, -0.15) is 4.31 Å². The summed E-state index contributed by atoms with van der Waals surface area (Å²) in [5.41, 5.74) is 11.6. The molecule has 0 radical (unpaired) electrons. The third-order valence-electron chi connectivity index (χ3n) is 2.53. The second-order valence-corrected chi connectivity index (χ2v) is 6.53. The number of nitrogens with two attached hydrogens (primary N) is 2. The Morgan fingerprint density at radius 3 is 2.37 bits per heavy atom. The third kappa shape index (κ3) is 3.49. The van der Waals surface area contributed by atoms with Gasteiger partial charge in [0.25, 0.3) is 0 Å². The molecule has 0 aliphatic carbocycles. The van der Waals surface area contributed by atoms with Crippen LogP contribution in [0.15, 0.2) is 23.1 Å². The van der Waals surface area contributed by atoms with Crippen molar-refractivity contribution in [3.63, 3.8) is 0 Å². The minimum Gasteiger partial charge on any atom is -0.389 e. The number of thiocarbonyl (C=S) groups is 1. The number of benzene rings is 1. The highest BCUT2D eigenvalue weighted by atomic mass is 32.2. The predicted molar refractivity (Wildman–Crippen MR) is 76.1 cm³/mol. The van der Waals surface area contributed by atoms with Crippen LogP contribution in [-0.2, 0) is 14.8 Å². The van der Waals surface area contributed by atoms with Crippen LogP contribution >= 0.6 is 12.2 Å². The molecule has 0 aliphatic heterocycles. The lowest BCUT2D eigenvalue weighted by Gasteiger charge is -2.17. The largest absolute Gasteiger partial charge is 0.389 e. The molecule has 0 unspecified atom stereocenters. The number of amides is 1. The molecule has 104 valence electrons. The van der Waals surface area contributed by atoms with E-state index in [9.17, 15) is 13.2 Å². The number of aryl methyl sites for hydroxylation is 1. The van der Waals surface area contributed by atoms with Crippen LogP contribution in [-0.4, -0.2) is 37.2 Å². The molecule has 0 atom stereocenters. The van der Waals surface area contributed by atoms with E-state index in [1.165, 1.54) is 19.2 Å². The maximum absolute atomic E-state index is 12.2. The average Bonchev–Trinajstić information content (AvgIpc) is 2.27. The lowest BCUT2D eigenvalue weighted by atomic mass is 10.1. The molecule has 0 bridgehead atoms. The van der Waals surface area contributed by atoms with Crippen LogP contribution in [0.2, 0.25) is 0 Å². The molecule has 0 spiro atoms. The van der Waals surface area contributed by atoms with Crippen LogP contribution < -0.4 is 11.5 Å². The van der Waals surface area contributed by atoms with Crippen LogP contribution in [0.3, 0.4) is 0 Å². The molecule has 0 aliphatic rings. The van der Waals surface area contributed by atoms with Crippen molar-refractivity contribution in [1.29, 1.82) is 0 Å². The van der Waals surface area contributed by atoms with Crippen LogP contribution in [0.4, 0.5) is 0 Å². The molecular weight excluding hydrogens is 286 g/mol. The van der Waals surface area contributed by atoms with Gasteiger partial charge in [0.15, 0.2) is 0 Å². The van der Waals surface area contributed by atoms with Crippen LogP contribution in [0, 0.1) is 6.92 Å². The number of primary amides is 1. The van der Waals surface area contributed by atoms with Crippen molar-refractivity contribution < 1.29 is 13.2 Å². The van der Waals surface area contributed by atoms with Crippen LogP contribution in [0.1, 0.15) is 11.1 Å². The average molecular weight is 301 g/mol. The van der Waals surface area contributed by atoms with E-state index in [0.29, 0.717) is 11.1 Å². The van der Waals surface area contributed by atoms with Crippen molar-refractivity contribution in [2.45, 2.75) is 11.8 Å². The maximum atomic E-state index is 12.2. The number of nitrogens with zero attached hydrogens (tertiary/aromatic N) is 1. The molecule has 6 nitrogen and oxygen atoms in total. The number of carbonyl (C=O) groups is 1. The minimum absolute atomic E-state index is 0.0938. The molecule has 0 fully saturated rings. The van der Waals surface area contributed by atoms with E-state index in [1.54, 1.807) is 13.0 Å². The Balaban J connectivity index is 3.22. The van der Waals surface area contributed by atoms with Gasteiger partial charge in [-0.15, -0.1) is 0 Å². The van der Waals surface area contributed by atoms with Gasteiger partial charge in [-0.25, -0.2) is 8.42 Å². The lowest BCUT2D eigenvalue weighted by Crippen LogP contribution is -2.35. The number of carbonyl (C=O) groups excluding carboxylic acids is 1. The summed E-state index contributed by atoms with van der Waals surface area (Å²) in [7, 11) is -2.47. The van der Waals surface area contributed by atoms with E-state index < -0.39 is 15.9 Å². The van der Waals surface area contributed by atoms with E-state index in [-0.39, 0.29) is 16.4 Å². The first kappa shape index (κ1) is 15.5. The highest BCUT2D eigenvalue weighted by Crippen LogP contribution is 2.20. The molecular formula is C11H15N3O3S2. The second-order valence-electron chi connectivity index (χ2n) is 4.07. The topological polar surface area (TPSA) is 106 Å². The Bertz CT molecular complexity index is 626. The van der Waals surface area contributed by atoms with Crippen molar-refractivity contribution in [3.05, 3.63) is 29.3 Å². The Morgan fingerprint density at radius 1 is 1.37 bits per heavy atom. The van der Waals surface area contributed by atoms with Gasteiger partial charge in [0, 0.05) is 12.6 Å². The quantitative estimate of drug-likeness (QED) is 0.728. The fraction of sp³-hybridized carbons (Fsp3) is 0.273. The first-order valence-corrected chi connectivity index (χ1v) is 7.16. The number of rotatable bonds is 5. The smallest absolute Gasteiger partial charge is 0.243 e. The minimum atomic E-state index is -3.76. The van der Waals surface area contributed by atoms with Gasteiger partial charge >= 0.3 is 0 Å². The van der Waals surface area contributed by atoms with Crippen molar-refractivity contribution in [3.8, 4) is 0 Å². The number of sulfonamides is 1. The van der Waals surface area contributed by atoms with Gasteiger partial charge in [0.05, 0.1) is 11.4 Å². The van der Waals surface area contributed by atoms with Crippen LogP contribution in [0.25, 0.3) is 0 Å². The monoisotopic (exact) mass is 301 g/mol. The highest BCUT2D eigenvalue weighted by Gasteiger charge is 2.24. The molecule has 0 heterocycles. The Morgan fingerprint density at radius 2 is 1.95 bits per heavy atom. The molecule has 1 rings (SSSR count). The molecule has 8 heteroatoms. The lowest BCUT2D eigenvalue weighted by molar-refractivity contribution is -0.118. The van der Waals surface area contributed by atoms with Crippen molar-refractivity contribution in [1.82, 2.24) is 4.31 Å². The summed E-state index contributed by atoms with van der Waals surface area (Å²) in [5.74, 6) is -0.719. The summed E-state index contributed by atoms with van der Waals surface area (Å²) in [5, 5.41) is 0. The van der Waals surface area contributed by atoms with E-state index in [2.05, 4.69) is 0 Å². The molecule has 0 aromatic heterocycles. The number of likely N-dealkylation sites (N-methyl/N-ethyl adjacent to an activating group) is 1. The first-order chi connectivity index (χ1) is 8.66. The standard InChI is InChI=1S/C11H15N3O3S2/c1-7-5-8(11(13)18)3-4-9(7)19(16,17)14(2)6-10(12)15/h3-5H,6H2,1-2H3,(H2,12,15)(H2,13,18). The summed E-state index contributed by atoms with van der Waals surface area (Å²) in [6.45, 7) is 1.26. The zero-order valence-electron chi connectivity index (χ0n) is 10.6. The molecule has 0 saturated heterocycles.